The molecule has 1 aromatic carbocycles. The van der Waals surface area contributed by atoms with Crippen LogP contribution in [0, 0.1) is 6.92 Å². The third-order valence-corrected chi connectivity index (χ3v) is 5.32. The van der Waals surface area contributed by atoms with Crippen LogP contribution in [0.5, 0.6) is 0 Å². The number of H-pyrrole nitrogens is 1. The average Bonchev–Trinajstić information content (AvgIpc) is 3.09. The Morgan fingerprint density at radius 2 is 2.09 bits per heavy atom. The molecular weight excluding hydrogens is 296 g/mol. The molecule has 0 spiro atoms. The highest BCUT2D eigenvalue weighted by molar-refractivity contribution is 7.12. The second-order valence-electron chi connectivity index (χ2n) is 5.71. The number of hydrogen-bond acceptors (Lipinski definition) is 3. The molecule has 3 heterocycles. The molecule has 4 rings (SSSR count). The van der Waals surface area contributed by atoms with E-state index >= 15 is 0 Å². The highest BCUT2D eigenvalue weighted by atomic mass is 32.1. The van der Waals surface area contributed by atoms with E-state index in [1.54, 1.807) is 11.3 Å². The van der Waals surface area contributed by atoms with Crippen molar-refractivity contribution < 1.29 is 9.90 Å². The van der Waals surface area contributed by atoms with Gasteiger partial charge in [0, 0.05) is 32.8 Å². The number of para-hydroxylation sites is 1. The van der Waals surface area contributed by atoms with Gasteiger partial charge in [0.05, 0.1) is 6.04 Å². The number of nitrogens with one attached hydrogen (secondary N) is 2. The Balaban J connectivity index is 1.91. The van der Waals surface area contributed by atoms with Crippen LogP contribution in [-0.4, -0.2) is 22.1 Å². The molecule has 0 saturated heterocycles. The summed E-state index contributed by atoms with van der Waals surface area (Å²) in [6.07, 6.45) is 0.509. The Bertz CT molecular complexity index is 865. The summed E-state index contributed by atoms with van der Waals surface area (Å²) < 4.78 is 0. The number of fused-ring (bicyclic) bond motifs is 3. The van der Waals surface area contributed by atoms with Crippen LogP contribution in [-0.2, 0) is 11.2 Å². The maximum Gasteiger partial charge on any atom is 0.321 e. The molecule has 112 valence electrons. The number of aryl methyl sites for hydroxylation is 1. The lowest BCUT2D eigenvalue weighted by molar-refractivity contribution is -0.139. The van der Waals surface area contributed by atoms with Gasteiger partial charge in [-0.1, -0.05) is 18.2 Å². The van der Waals surface area contributed by atoms with Crippen molar-refractivity contribution in [1.29, 1.82) is 0 Å². The predicted molar refractivity (Wildman–Crippen MR) is 87.5 cm³/mol. The number of carboxylic acid groups (broad SMARTS) is 1. The minimum Gasteiger partial charge on any atom is -0.480 e. The molecule has 2 unspecified atom stereocenters. The molecule has 3 N–H and O–H groups in total. The van der Waals surface area contributed by atoms with Crippen LogP contribution in [0.1, 0.15) is 27.1 Å². The lowest BCUT2D eigenvalue weighted by Crippen LogP contribution is -2.44. The lowest BCUT2D eigenvalue weighted by Gasteiger charge is -2.28. The van der Waals surface area contributed by atoms with Crippen LogP contribution in [0.3, 0.4) is 0 Å². The van der Waals surface area contributed by atoms with E-state index in [1.807, 2.05) is 18.2 Å². The number of aliphatic carboxylic acids is 1. The molecule has 5 heteroatoms. The van der Waals surface area contributed by atoms with Gasteiger partial charge in [-0.2, -0.15) is 0 Å². The van der Waals surface area contributed by atoms with Crippen molar-refractivity contribution in [3.63, 3.8) is 0 Å². The minimum absolute atomic E-state index is 0.0871. The Morgan fingerprint density at radius 1 is 1.27 bits per heavy atom. The Kier molecular flexibility index (Phi) is 3.06. The Hall–Kier alpha value is -2.11. The number of carboxylic acids is 1. The van der Waals surface area contributed by atoms with E-state index in [1.165, 1.54) is 4.88 Å². The third kappa shape index (κ3) is 2.05. The molecule has 22 heavy (non-hydrogen) atoms. The quantitative estimate of drug-likeness (QED) is 0.681. The van der Waals surface area contributed by atoms with Crippen molar-refractivity contribution >= 4 is 28.2 Å². The number of hydrogen-bond donors (Lipinski definition) is 3. The maximum absolute atomic E-state index is 11.5. The summed E-state index contributed by atoms with van der Waals surface area (Å²) in [5.41, 5.74) is 3.29. The van der Waals surface area contributed by atoms with Crippen LogP contribution in [0.15, 0.2) is 36.4 Å². The summed E-state index contributed by atoms with van der Waals surface area (Å²) in [4.78, 5) is 17.4. The number of thiophene rings is 1. The molecule has 1 aliphatic rings. The zero-order valence-corrected chi connectivity index (χ0v) is 12.9. The second-order valence-corrected chi connectivity index (χ2v) is 7.03. The van der Waals surface area contributed by atoms with Crippen molar-refractivity contribution in [2.45, 2.75) is 25.4 Å². The van der Waals surface area contributed by atoms with Gasteiger partial charge < -0.3 is 10.1 Å². The SMILES string of the molecule is Cc1ccc(C2NC(C(=O)O)Cc3c2[nH]c2ccccc32)s1. The van der Waals surface area contributed by atoms with Crippen LogP contribution in [0.2, 0.25) is 0 Å². The van der Waals surface area contributed by atoms with Gasteiger partial charge in [0.15, 0.2) is 0 Å². The van der Waals surface area contributed by atoms with Crippen LogP contribution < -0.4 is 5.32 Å². The van der Waals surface area contributed by atoms with Crippen LogP contribution in [0.25, 0.3) is 10.9 Å². The van der Waals surface area contributed by atoms with Gasteiger partial charge in [-0.05, 0) is 30.7 Å². The number of rotatable bonds is 2. The normalized spacial score (nSPS) is 21.0. The molecule has 0 aliphatic carbocycles. The molecular formula is C17H16N2O2S. The highest BCUT2D eigenvalue weighted by Gasteiger charge is 2.34. The molecule has 0 bridgehead atoms. The van der Waals surface area contributed by atoms with E-state index in [2.05, 4.69) is 35.4 Å². The lowest BCUT2D eigenvalue weighted by atomic mass is 9.93. The molecule has 2 atom stereocenters. The average molecular weight is 312 g/mol. The maximum atomic E-state index is 11.5. The topological polar surface area (TPSA) is 65.1 Å². The van der Waals surface area contributed by atoms with Crippen molar-refractivity contribution in [2.75, 3.05) is 0 Å². The van der Waals surface area contributed by atoms with E-state index in [0.717, 1.165) is 27.0 Å². The predicted octanol–water partition coefficient (Wildman–Crippen LogP) is 3.23. The van der Waals surface area contributed by atoms with Gasteiger partial charge in [-0.15, -0.1) is 11.3 Å². The van der Waals surface area contributed by atoms with Crippen molar-refractivity contribution in [3.8, 4) is 0 Å². The zero-order chi connectivity index (χ0) is 15.3. The van der Waals surface area contributed by atoms with Gasteiger partial charge >= 0.3 is 5.97 Å². The fourth-order valence-electron chi connectivity index (χ4n) is 3.23. The number of aromatic amines is 1. The summed E-state index contributed by atoms with van der Waals surface area (Å²) in [7, 11) is 0. The first kappa shape index (κ1) is 13.5. The number of benzene rings is 1. The van der Waals surface area contributed by atoms with E-state index < -0.39 is 12.0 Å². The van der Waals surface area contributed by atoms with Crippen molar-refractivity contribution in [3.05, 3.63) is 57.4 Å². The molecule has 0 amide bonds. The van der Waals surface area contributed by atoms with E-state index in [4.69, 9.17) is 0 Å². The monoisotopic (exact) mass is 312 g/mol. The molecule has 3 aromatic rings. The molecule has 2 aromatic heterocycles. The fourth-order valence-corrected chi connectivity index (χ4v) is 4.17. The van der Waals surface area contributed by atoms with Crippen LogP contribution in [0.4, 0.5) is 0 Å². The molecule has 0 radical (unpaired) electrons. The standard InChI is InChI=1S/C17H16N2O2S/c1-9-6-7-14(22-9)16-15-11(8-13(19-16)17(20)21)10-4-2-3-5-12(10)18-15/h2-7,13,16,18-19H,8H2,1H3,(H,20,21). The summed E-state index contributed by atoms with van der Waals surface area (Å²) in [5, 5.41) is 13.9. The first-order valence-electron chi connectivity index (χ1n) is 7.28. The smallest absolute Gasteiger partial charge is 0.321 e. The highest BCUT2D eigenvalue weighted by Crippen LogP contribution is 2.37. The van der Waals surface area contributed by atoms with Gasteiger partial charge in [-0.3, -0.25) is 10.1 Å². The molecule has 0 fully saturated rings. The van der Waals surface area contributed by atoms with Gasteiger partial charge in [0.1, 0.15) is 6.04 Å². The van der Waals surface area contributed by atoms with Crippen LogP contribution >= 0.6 is 11.3 Å². The summed E-state index contributed by atoms with van der Waals surface area (Å²) in [5.74, 6) is -0.797. The summed E-state index contributed by atoms with van der Waals surface area (Å²) >= 11 is 1.71. The van der Waals surface area contributed by atoms with Gasteiger partial charge in [0.25, 0.3) is 0 Å². The fraction of sp³-hybridized carbons (Fsp3) is 0.235. The Morgan fingerprint density at radius 3 is 2.82 bits per heavy atom. The first-order chi connectivity index (χ1) is 10.6. The minimum atomic E-state index is -0.797. The first-order valence-corrected chi connectivity index (χ1v) is 8.10. The van der Waals surface area contributed by atoms with Crippen molar-refractivity contribution in [2.24, 2.45) is 0 Å². The molecule has 0 saturated carbocycles. The molecule has 4 nitrogen and oxygen atoms in total. The number of carbonyl (C=O) groups is 1. The van der Waals surface area contributed by atoms with E-state index in [0.29, 0.717) is 6.42 Å². The van der Waals surface area contributed by atoms with Gasteiger partial charge in [0.2, 0.25) is 0 Å². The Labute approximate surface area is 131 Å². The van der Waals surface area contributed by atoms with Gasteiger partial charge in [-0.25, -0.2) is 0 Å². The van der Waals surface area contributed by atoms with E-state index in [-0.39, 0.29) is 6.04 Å². The molecule has 1 aliphatic heterocycles. The largest absolute Gasteiger partial charge is 0.480 e. The summed E-state index contributed by atoms with van der Waals surface area (Å²) in [6.45, 7) is 2.07. The van der Waals surface area contributed by atoms with Crippen molar-refractivity contribution in [1.82, 2.24) is 10.3 Å². The van der Waals surface area contributed by atoms with E-state index in [9.17, 15) is 9.90 Å². The third-order valence-electron chi connectivity index (χ3n) is 4.26. The zero-order valence-electron chi connectivity index (χ0n) is 12.1. The number of aromatic nitrogens is 1. The summed E-state index contributed by atoms with van der Waals surface area (Å²) in [6, 6.07) is 11.6. The second kappa shape index (κ2) is 4.97.